The molecule has 19 heavy (non-hydrogen) atoms. The number of carboxylic acids is 1. The second-order valence-corrected chi connectivity index (χ2v) is 6.36. The molecule has 9 heteroatoms. The Morgan fingerprint density at radius 2 is 2.11 bits per heavy atom. The Kier molecular flexibility index (Phi) is 5.85. The minimum Gasteiger partial charge on any atom is -0.476 e. The fourth-order valence-corrected chi connectivity index (χ4v) is 3.46. The van der Waals surface area contributed by atoms with E-state index in [-0.39, 0.29) is 12.2 Å². The molecular weight excluding hydrogens is 290 g/mol. The average Bonchev–Trinajstić information content (AvgIpc) is 2.78. The molecule has 0 unspecified atom stereocenters. The van der Waals surface area contributed by atoms with Crippen LogP contribution in [0, 0.1) is 0 Å². The smallest absolute Gasteiger partial charge is 0.355 e. The van der Waals surface area contributed by atoms with E-state index in [4.69, 9.17) is 5.11 Å². The molecule has 0 saturated carbocycles. The van der Waals surface area contributed by atoms with Crippen molar-refractivity contribution in [3.05, 3.63) is 16.1 Å². The Morgan fingerprint density at radius 1 is 1.47 bits per heavy atom. The summed E-state index contributed by atoms with van der Waals surface area (Å²) in [5.41, 5.74) is -0.00778. The van der Waals surface area contributed by atoms with Gasteiger partial charge in [0, 0.05) is 31.4 Å². The molecule has 0 aliphatic heterocycles. The minimum atomic E-state index is -3.46. The highest BCUT2D eigenvalue weighted by Crippen LogP contribution is 2.10. The maximum atomic E-state index is 11.8. The van der Waals surface area contributed by atoms with Crippen LogP contribution in [0.5, 0.6) is 0 Å². The van der Waals surface area contributed by atoms with Crippen molar-refractivity contribution in [1.82, 2.24) is 14.0 Å². The van der Waals surface area contributed by atoms with Gasteiger partial charge in [0.25, 0.3) is 10.2 Å². The monoisotopic (exact) mass is 307 g/mol. The van der Waals surface area contributed by atoms with E-state index >= 15 is 0 Å². The summed E-state index contributed by atoms with van der Waals surface area (Å²) < 4.78 is 27.4. The van der Waals surface area contributed by atoms with E-state index in [9.17, 15) is 13.2 Å². The highest BCUT2D eigenvalue weighted by Gasteiger charge is 2.17. The number of aromatic carboxylic acids is 1. The zero-order valence-electron chi connectivity index (χ0n) is 10.8. The van der Waals surface area contributed by atoms with E-state index in [1.54, 1.807) is 13.8 Å². The van der Waals surface area contributed by atoms with Crippen LogP contribution in [0.1, 0.15) is 29.3 Å². The SMILES string of the molecule is CCN(CC)S(=O)(=O)NCCc1nc(C(=O)O)cs1. The molecule has 2 N–H and O–H groups in total. The van der Waals surface area contributed by atoms with Crippen LogP contribution in [0.3, 0.4) is 0 Å². The topological polar surface area (TPSA) is 99.6 Å². The van der Waals surface area contributed by atoms with E-state index in [1.165, 1.54) is 21.0 Å². The van der Waals surface area contributed by atoms with Gasteiger partial charge in [-0.3, -0.25) is 0 Å². The molecule has 0 saturated heterocycles. The normalized spacial score (nSPS) is 11.9. The molecule has 1 aromatic rings. The Hall–Kier alpha value is -1.03. The van der Waals surface area contributed by atoms with E-state index in [1.807, 2.05) is 0 Å². The predicted molar refractivity (Wildman–Crippen MR) is 72.6 cm³/mol. The van der Waals surface area contributed by atoms with Crippen LogP contribution in [0.25, 0.3) is 0 Å². The van der Waals surface area contributed by atoms with Gasteiger partial charge in [-0.15, -0.1) is 11.3 Å². The highest BCUT2D eigenvalue weighted by molar-refractivity contribution is 7.87. The van der Waals surface area contributed by atoms with Crippen molar-refractivity contribution in [1.29, 1.82) is 0 Å². The molecule has 0 bridgehead atoms. The molecule has 0 radical (unpaired) electrons. The number of thiazole rings is 1. The van der Waals surface area contributed by atoms with Crippen LogP contribution in [-0.2, 0) is 16.6 Å². The van der Waals surface area contributed by atoms with Crippen LogP contribution in [-0.4, -0.2) is 48.4 Å². The zero-order chi connectivity index (χ0) is 14.5. The fourth-order valence-electron chi connectivity index (χ4n) is 1.47. The summed E-state index contributed by atoms with van der Waals surface area (Å²) in [4.78, 5) is 14.5. The van der Waals surface area contributed by atoms with Gasteiger partial charge in [-0.05, 0) is 0 Å². The summed E-state index contributed by atoms with van der Waals surface area (Å²) in [6.07, 6.45) is 0.373. The Bertz CT molecular complexity index is 523. The third-order valence-corrected chi connectivity index (χ3v) is 5.11. The van der Waals surface area contributed by atoms with Gasteiger partial charge in [-0.2, -0.15) is 12.7 Å². The maximum Gasteiger partial charge on any atom is 0.355 e. The predicted octanol–water partition coefficient (Wildman–Crippen LogP) is 0.560. The Balaban J connectivity index is 2.51. The number of hydrogen-bond acceptors (Lipinski definition) is 5. The van der Waals surface area contributed by atoms with Gasteiger partial charge in [0.2, 0.25) is 0 Å². The zero-order valence-corrected chi connectivity index (χ0v) is 12.4. The summed E-state index contributed by atoms with van der Waals surface area (Å²) in [6.45, 7) is 4.55. The summed E-state index contributed by atoms with van der Waals surface area (Å²) in [7, 11) is -3.46. The van der Waals surface area contributed by atoms with Gasteiger partial charge in [0.05, 0.1) is 5.01 Å². The lowest BCUT2D eigenvalue weighted by Gasteiger charge is -2.18. The molecule has 1 heterocycles. The third-order valence-electron chi connectivity index (χ3n) is 2.44. The van der Waals surface area contributed by atoms with Crippen LogP contribution < -0.4 is 4.72 Å². The van der Waals surface area contributed by atoms with Gasteiger partial charge in [0.15, 0.2) is 5.69 Å². The van der Waals surface area contributed by atoms with Crippen molar-refractivity contribution >= 4 is 27.5 Å². The van der Waals surface area contributed by atoms with Crippen LogP contribution >= 0.6 is 11.3 Å². The third kappa shape index (κ3) is 4.53. The molecule has 1 rings (SSSR count). The van der Waals surface area contributed by atoms with Crippen molar-refractivity contribution in [3.8, 4) is 0 Å². The number of carboxylic acid groups (broad SMARTS) is 1. The molecular formula is C10H17N3O4S2. The molecule has 0 aromatic carbocycles. The first-order chi connectivity index (χ1) is 8.90. The first kappa shape index (κ1) is 16.0. The molecule has 0 aliphatic rings. The van der Waals surface area contributed by atoms with Crippen LogP contribution in [0.4, 0.5) is 0 Å². The van der Waals surface area contributed by atoms with Crippen molar-refractivity contribution in [2.24, 2.45) is 0 Å². The minimum absolute atomic E-state index is 0.00778. The number of carbonyl (C=O) groups is 1. The molecule has 0 aliphatic carbocycles. The Labute approximate surface area is 116 Å². The number of nitrogens with zero attached hydrogens (tertiary/aromatic N) is 2. The molecule has 0 spiro atoms. The number of aromatic nitrogens is 1. The molecule has 0 atom stereocenters. The van der Waals surface area contributed by atoms with Crippen LogP contribution in [0.2, 0.25) is 0 Å². The molecule has 7 nitrogen and oxygen atoms in total. The number of nitrogens with one attached hydrogen (secondary N) is 1. The van der Waals surface area contributed by atoms with Crippen molar-refractivity contribution in [2.75, 3.05) is 19.6 Å². The average molecular weight is 307 g/mol. The second kappa shape index (κ2) is 6.94. The summed E-state index contributed by atoms with van der Waals surface area (Å²) in [5.74, 6) is -1.08. The molecule has 108 valence electrons. The largest absolute Gasteiger partial charge is 0.476 e. The molecule has 0 amide bonds. The number of rotatable bonds is 8. The van der Waals surface area contributed by atoms with Gasteiger partial charge >= 0.3 is 5.97 Å². The van der Waals surface area contributed by atoms with Crippen LogP contribution in [0.15, 0.2) is 5.38 Å². The van der Waals surface area contributed by atoms with E-state index in [2.05, 4.69) is 9.71 Å². The van der Waals surface area contributed by atoms with Crippen molar-refractivity contribution < 1.29 is 18.3 Å². The van der Waals surface area contributed by atoms with E-state index in [0.29, 0.717) is 24.5 Å². The summed E-state index contributed by atoms with van der Waals surface area (Å²) in [6, 6.07) is 0. The number of hydrogen-bond donors (Lipinski definition) is 2. The van der Waals surface area contributed by atoms with Gasteiger partial charge < -0.3 is 5.11 Å². The quantitative estimate of drug-likeness (QED) is 0.731. The van der Waals surface area contributed by atoms with Gasteiger partial charge in [-0.1, -0.05) is 13.8 Å². The lowest BCUT2D eigenvalue weighted by Crippen LogP contribution is -2.41. The van der Waals surface area contributed by atoms with Crippen molar-refractivity contribution in [3.63, 3.8) is 0 Å². The van der Waals surface area contributed by atoms with Gasteiger partial charge in [0.1, 0.15) is 0 Å². The second-order valence-electron chi connectivity index (χ2n) is 3.67. The first-order valence-electron chi connectivity index (χ1n) is 5.83. The fraction of sp³-hybridized carbons (Fsp3) is 0.600. The van der Waals surface area contributed by atoms with E-state index < -0.39 is 16.2 Å². The highest BCUT2D eigenvalue weighted by atomic mass is 32.2. The standard InChI is InChI=1S/C10H17N3O4S2/c1-3-13(4-2)19(16,17)11-6-5-9-12-8(7-18-9)10(14)15/h7,11H,3-6H2,1-2H3,(H,14,15). The van der Waals surface area contributed by atoms with E-state index in [0.717, 1.165) is 0 Å². The summed E-state index contributed by atoms with van der Waals surface area (Å²) >= 11 is 1.21. The lowest BCUT2D eigenvalue weighted by molar-refractivity contribution is 0.0691. The molecule has 1 aromatic heterocycles. The molecule has 0 fully saturated rings. The van der Waals surface area contributed by atoms with Gasteiger partial charge in [-0.25, -0.2) is 14.5 Å². The van der Waals surface area contributed by atoms with Crippen molar-refractivity contribution in [2.45, 2.75) is 20.3 Å². The Morgan fingerprint density at radius 3 is 2.58 bits per heavy atom. The summed E-state index contributed by atoms with van der Waals surface area (Å²) in [5, 5.41) is 10.8. The first-order valence-corrected chi connectivity index (χ1v) is 8.15. The lowest BCUT2D eigenvalue weighted by atomic mass is 10.4. The maximum absolute atomic E-state index is 11.8.